The van der Waals surface area contributed by atoms with Crippen molar-refractivity contribution in [1.29, 1.82) is 0 Å². The van der Waals surface area contributed by atoms with E-state index in [2.05, 4.69) is 31.1 Å². The zero-order chi connectivity index (χ0) is 16.4. The van der Waals surface area contributed by atoms with Gasteiger partial charge in [-0.1, -0.05) is 28.1 Å². The number of hydrogen-bond donors (Lipinski definition) is 0. The van der Waals surface area contributed by atoms with Gasteiger partial charge in [0, 0.05) is 16.1 Å². The van der Waals surface area contributed by atoms with E-state index >= 15 is 0 Å². The molecule has 0 bridgehead atoms. The quantitative estimate of drug-likeness (QED) is 0.626. The third kappa shape index (κ3) is 3.11. The van der Waals surface area contributed by atoms with Crippen LogP contribution in [0.2, 0.25) is 0 Å². The normalized spacial score (nSPS) is 10.8. The first-order valence-electron chi connectivity index (χ1n) is 6.91. The second-order valence-electron chi connectivity index (χ2n) is 4.80. The Morgan fingerprint density at radius 3 is 2.48 bits per heavy atom. The highest BCUT2D eigenvalue weighted by molar-refractivity contribution is 9.10. The largest absolute Gasteiger partial charge is 0.481 e. The van der Waals surface area contributed by atoms with Crippen molar-refractivity contribution in [2.45, 2.75) is 11.9 Å². The Hall–Kier alpha value is -1.86. The Morgan fingerprint density at radius 1 is 1.09 bits per heavy atom. The van der Waals surface area contributed by atoms with Gasteiger partial charge in [0.15, 0.2) is 5.82 Å². The molecule has 1 aromatic carbocycles. The summed E-state index contributed by atoms with van der Waals surface area (Å²) in [6, 6.07) is 11.8. The molecule has 2 heterocycles. The molecule has 0 unspecified atom stereocenters. The number of rotatable bonds is 4. The SMILES string of the molecule is COc1ccc(-n2c(C)nnc2-c2ccc(Br)cc2)c(SC)n1. The Bertz CT molecular complexity index is 833. The van der Waals surface area contributed by atoms with Crippen molar-refractivity contribution in [2.75, 3.05) is 13.4 Å². The van der Waals surface area contributed by atoms with Gasteiger partial charge in [0.2, 0.25) is 5.88 Å². The molecule has 118 valence electrons. The second-order valence-corrected chi connectivity index (χ2v) is 6.51. The second kappa shape index (κ2) is 6.72. The molecule has 0 N–H and O–H groups in total. The molecule has 0 aliphatic carbocycles. The first-order valence-corrected chi connectivity index (χ1v) is 8.93. The summed E-state index contributed by atoms with van der Waals surface area (Å²) in [5, 5.41) is 9.45. The Labute approximate surface area is 147 Å². The minimum atomic E-state index is 0.592. The molecule has 0 saturated heterocycles. The fourth-order valence-corrected chi connectivity index (χ4v) is 3.10. The van der Waals surface area contributed by atoms with Crippen LogP contribution in [0.1, 0.15) is 5.82 Å². The van der Waals surface area contributed by atoms with E-state index in [1.807, 2.05) is 54.1 Å². The third-order valence-electron chi connectivity index (χ3n) is 3.39. The lowest BCUT2D eigenvalue weighted by Crippen LogP contribution is -2.03. The lowest BCUT2D eigenvalue weighted by molar-refractivity contribution is 0.394. The molecular weight excluding hydrogens is 376 g/mol. The highest BCUT2D eigenvalue weighted by atomic mass is 79.9. The lowest BCUT2D eigenvalue weighted by atomic mass is 10.2. The number of halogens is 1. The van der Waals surface area contributed by atoms with Crippen LogP contribution in [0.5, 0.6) is 5.88 Å². The van der Waals surface area contributed by atoms with E-state index in [0.29, 0.717) is 5.88 Å². The Morgan fingerprint density at radius 2 is 1.83 bits per heavy atom. The molecule has 23 heavy (non-hydrogen) atoms. The van der Waals surface area contributed by atoms with Crippen molar-refractivity contribution in [2.24, 2.45) is 0 Å². The lowest BCUT2D eigenvalue weighted by Gasteiger charge is -2.13. The van der Waals surface area contributed by atoms with Crippen molar-refractivity contribution >= 4 is 27.7 Å². The predicted octanol–water partition coefficient (Wildman–Crippen LogP) is 4.13. The first kappa shape index (κ1) is 16.0. The fraction of sp³-hybridized carbons (Fsp3) is 0.188. The van der Waals surface area contributed by atoms with E-state index in [1.165, 1.54) is 0 Å². The van der Waals surface area contributed by atoms with Crippen LogP contribution in [0.15, 0.2) is 45.9 Å². The van der Waals surface area contributed by atoms with Crippen LogP contribution < -0.4 is 4.74 Å². The summed E-state index contributed by atoms with van der Waals surface area (Å²) in [7, 11) is 1.61. The number of ether oxygens (including phenoxy) is 1. The highest BCUT2D eigenvalue weighted by Gasteiger charge is 2.17. The maximum absolute atomic E-state index is 5.22. The summed E-state index contributed by atoms with van der Waals surface area (Å²) < 4.78 is 8.26. The van der Waals surface area contributed by atoms with Gasteiger partial charge in [0.05, 0.1) is 12.8 Å². The van der Waals surface area contributed by atoms with Gasteiger partial charge in [-0.2, -0.15) is 0 Å². The third-order valence-corrected chi connectivity index (χ3v) is 4.60. The number of methoxy groups -OCH3 is 1. The molecule has 0 aliphatic heterocycles. The van der Waals surface area contributed by atoms with Crippen molar-refractivity contribution in [3.8, 4) is 23.0 Å². The Balaban J connectivity index is 2.17. The van der Waals surface area contributed by atoms with E-state index in [-0.39, 0.29) is 0 Å². The molecule has 5 nitrogen and oxygen atoms in total. The number of benzene rings is 1. The summed E-state index contributed by atoms with van der Waals surface area (Å²) in [6.07, 6.45) is 1.99. The van der Waals surface area contributed by atoms with Crippen LogP contribution in [0.3, 0.4) is 0 Å². The van der Waals surface area contributed by atoms with Gasteiger partial charge < -0.3 is 4.74 Å². The van der Waals surface area contributed by atoms with Crippen molar-refractivity contribution in [3.63, 3.8) is 0 Å². The zero-order valence-electron chi connectivity index (χ0n) is 12.9. The molecule has 0 saturated carbocycles. The summed E-state index contributed by atoms with van der Waals surface area (Å²) in [4.78, 5) is 4.51. The number of thioether (sulfide) groups is 1. The number of aryl methyl sites for hydroxylation is 1. The first-order chi connectivity index (χ1) is 11.1. The zero-order valence-corrected chi connectivity index (χ0v) is 15.3. The monoisotopic (exact) mass is 390 g/mol. The minimum Gasteiger partial charge on any atom is -0.481 e. The molecule has 3 rings (SSSR count). The summed E-state index contributed by atoms with van der Waals surface area (Å²) >= 11 is 5.02. The van der Waals surface area contributed by atoms with Crippen LogP contribution >= 0.6 is 27.7 Å². The maximum Gasteiger partial charge on any atom is 0.214 e. The number of nitrogens with zero attached hydrogens (tertiary/aromatic N) is 4. The molecule has 7 heteroatoms. The van der Waals surface area contributed by atoms with E-state index in [1.54, 1.807) is 18.9 Å². The highest BCUT2D eigenvalue weighted by Crippen LogP contribution is 2.30. The van der Waals surface area contributed by atoms with Crippen molar-refractivity contribution < 1.29 is 4.74 Å². The molecule has 0 spiro atoms. The topological polar surface area (TPSA) is 52.8 Å². The molecule has 3 aromatic rings. The van der Waals surface area contributed by atoms with E-state index < -0.39 is 0 Å². The van der Waals surface area contributed by atoms with Gasteiger partial charge in [-0.25, -0.2) is 4.98 Å². The Kier molecular flexibility index (Phi) is 4.68. The van der Waals surface area contributed by atoms with Gasteiger partial charge in [-0.3, -0.25) is 4.57 Å². The molecular formula is C16H15BrN4OS. The van der Waals surface area contributed by atoms with Gasteiger partial charge >= 0.3 is 0 Å². The van der Waals surface area contributed by atoms with Gasteiger partial charge in [-0.15, -0.1) is 22.0 Å². The maximum atomic E-state index is 5.22. The minimum absolute atomic E-state index is 0.592. The van der Waals surface area contributed by atoms with Crippen molar-refractivity contribution in [3.05, 3.63) is 46.7 Å². The van der Waals surface area contributed by atoms with Gasteiger partial charge in [0.25, 0.3) is 0 Å². The van der Waals surface area contributed by atoms with E-state index in [0.717, 1.165) is 32.4 Å². The summed E-state index contributed by atoms with van der Waals surface area (Å²) in [6.45, 7) is 1.93. The number of pyridine rings is 1. The van der Waals surface area contributed by atoms with Gasteiger partial charge in [0.1, 0.15) is 10.9 Å². The van der Waals surface area contributed by atoms with E-state index in [9.17, 15) is 0 Å². The van der Waals surface area contributed by atoms with Gasteiger partial charge in [-0.05, 0) is 31.4 Å². The molecule has 0 radical (unpaired) electrons. The van der Waals surface area contributed by atoms with Crippen LogP contribution in [-0.4, -0.2) is 33.1 Å². The number of hydrogen-bond acceptors (Lipinski definition) is 5. The average Bonchev–Trinajstić information content (AvgIpc) is 2.96. The predicted molar refractivity (Wildman–Crippen MR) is 95.4 cm³/mol. The molecule has 0 aliphatic rings. The van der Waals surface area contributed by atoms with Crippen molar-refractivity contribution in [1.82, 2.24) is 19.7 Å². The van der Waals surface area contributed by atoms with Crippen LogP contribution in [0.4, 0.5) is 0 Å². The number of aromatic nitrogens is 4. The fourth-order valence-electron chi connectivity index (χ4n) is 2.29. The summed E-state index contributed by atoms with van der Waals surface area (Å²) in [5.41, 5.74) is 1.94. The molecule has 0 fully saturated rings. The molecule has 0 amide bonds. The average molecular weight is 391 g/mol. The molecule has 2 aromatic heterocycles. The van der Waals surface area contributed by atoms with Crippen LogP contribution in [-0.2, 0) is 0 Å². The summed E-state index contributed by atoms with van der Waals surface area (Å²) in [5.74, 6) is 2.19. The van der Waals surface area contributed by atoms with Crippen LogP contribution in [0.25, 0.3) is 17.1 Å². The standard InChI is InChI=1S/C16H15BrN4OS/c1-10-19-20-15(11-4-6-12(17)7-5-11)21(10)13-8-9-14(22-2)18-16(13)23-3/h4-9H,1-3H3. The smallest absolute Gasteiger partial charge is 0.214 e. The van der Waals surface area contributed by atoms with Crippen LogP contribution in [0, 0.1) is 6.92 Å². The molecule has 0 atom stereocenters. The van der Waals surface area contributed by atoms with E-state index in [4.69, 9.17) is 4.74 Å².